The third-order valence-electron chi connectivity index (χ3n) is 5.03. The zero-order chi connectivity index (χ0) is 21.6. The van der Waals surface area contributed by atoms with Gasteiger partial charge in [0.15, 0.2) is 0 Å². The number of benzene rings is 2. The standard InChI is InChI=1S/C21H25ClN2O.C2H3BrO/c1-14-9-15(2)11-18(10-14)21(25)24-8-7-23(4)20(13-24)17-5-6-19(22)16(3)12-17;3-1-2-4/h5-6,9-12,20H,7-8,13H2,1-4H3;2H,1H2. The third-order valence-corrected chi connectivity index (χ3v) is 5.72. The summed E-state index contributed by atoms with van der Waals surface area (Å²) in [7, 11) is 2.12. The zero-order valence-electron chi connectivity index (χ0n) is 17.4. The lowest BCUT2D eigenvalue weighted by Gasteiger charge is -2.40. The van der Waals surface area contributed by atoms with Crippen LogP contribution in [0.1, 0.15) is 38.7 Å². The van der Waals surface area contributed by atoms with E-state index in [0.29, 0.717) is 11.9 Å². The van der Waals surface area contributed by atoms with Crippen molar-refractivity contribution in [3.63, 3.8) is 0 Å². The van der Waals surface area contributed by atoms with E-state index < -0.39 is 0 Å². The van der Waals surface area contributed by atoms with E-state index in [1.165, 1.54) is 5.56 Å². The topological polar surface area (TPSA) is 40.6 Å². The molecule has 0 saturated carbocycles. The van der Waals surface area contributed by atoms with Crippen molar-refractivity contribution in [2.45, 2.75) is 26.8 Å². The highest BCUT2D eigenvalue weighted by Crippen LogP contribution is 2.28. The first-order chi connectivity index (χ1) is 13.8. The van der Waals surface area contributed by atoms with Gasteiger partial charge < -0.3 is 9.69 Å². The van der Waals surface area contributed by atoms with Crippen LogP contribution in [0.25, 0.3) is 0 Å². The highest BCUT2D eigenvalue weighted by atomic mass is 79.9. The maximum absolute atomic E-state index is 13.0. The van der Waals surface area contributed by atoms with Crippen LogP contribution >= 0.6 is 27.5 Å². The van der Waals surface area contributed by atoms with E-state index in [1.54, 1.807) is 0 Å². The predicted octanol–water partition coefficient (Wildman–Crippen LogP) is 4.97. The summed E-state index contributed by atoms with van der Waals surface area (Å²) in [5.74, 6) is 0.121. The van der Waals surface area contributed by atoms with Gasteiger partial charge in [-0.1, -0.05) is 56.9 Å². The minimum absolute atomic E-state index is 0.121. The number of piperazine rings is 1. The van der Waals surface area contributed by atoms with Crippen molar-refractivity contribution in [1.29, 1.82) is 0 Å². The maximum Gasteiger partial charge on any atom is 0.253 e. The Balaban J connectivity index is 0.000000687. The molecule has 2 aromatic rings. The second-order valence-electron chi connectivity index (χ2n) is 7.45. The number of alkyl halides is 1. The summed E-state index contributed by atoms with van der Waals surface area (Å²) in [6, 6.07) is 12.4. The van der Waals surface area contributed by atoms with E-state index in [-0.39, 0.29) is 11.9 Å². The molecule has 1 fully saturated rings. The molecular weight excluding hydrogens is 452 g/mol. The Labute approximate surface area is 187 Å². The number of rotatable bonds is 3. The van der Waals surface area contributed by atoms with Gasteiger partial charge >= 0.3 is 0 Å². The van der Waals surface area contributed by atoms with Crippen molar-refractivity contribution in [1.82, 2.24) is 9.80 Å². The average molecular weight is 480 g/mol. The number of hydrogen-bond acceptors (Lipinski definition) is 3. The Morgan fingerprint density at radius 1 is 1.14 bits per heavy atom. The Bertz CT molecular complexity index is 852. The molecule has 1 unspecified atom stereocenters. The SMILES string of the molecule is Cc1cc(C)cc(C(=O)N2CCN(C)C(c3ccc(Cl)c(C)c3)C2)c1.O=CCBr. The monoisotopic (exact) mass is 478 g/mol. The largest absolute Gasteiger partial charge is 0.335 e. The van der Waals surface area contributed by atoms with Gasteiger partial charge in [-0.3, -0.25) is 9.69 Å². The van der Waals surface area contributed by atoms with Crippen LogP contribution < -0.4 is 0 Å². The zero-order valence-corrected chi connectivity index (χ0v) is 19.8. The second-order valence-corrected chi connectivity index (χ2v) is 8.51. The second kappa shape index (κ2) is 10.9. The predicted molar refractivity (Wildman–Crippen MR) is 123 cm³/mol. The van der Waals surface area contributed by atoms with Crippen molar-refractivity contribution in [3.8, 4) is 0 Å². The molecule has 1 aliphatic heterocycles. The van der Waals surface area contributed by atoms with E-state index >= 15 is 0 Å². The maximum atomic E-state index is 13.0. The summed E-state index contributed by atoms with van der Waals surface area (Å²) >= 11 is 9.05. The van der Waals surface area contributed by atoms with Crippen molar-refractivity contribution in [2.24, 2.45) is 0 Å². The van der Waals surface area contributed by atoms with Crippen molar-refractivity contribution in [2.75, 3.05) is 32.0 Å². The number of carbonyl (C=O) groups is 2. The molecule has 2 aromatic carbocycles. The summed E-state index contributed by atoms with van der Waals surface area (Å²) in [4.78, 5) is 26.4. The Morgan fingerprint density at radius 3 is 2.31 bits per heavy atom. The lowest BCUT2D eigenvalue weighted by atomic mass is 10.00. The molecule has 156 valence electrons. The van der Waals surface area contributed by atoms with Gasteiger partial charge in [-0.05, 0) is 57.1 Å². The van der Waals surface area contributed by atoms with Crippen LogP contribution in [0.15, 0.2) is 36.4 Å². The number of carbonyl (C=O) groups excluding carboxylic acids is 2. The quantitative estimate of drug-likeness (QED) is 0.461. The van der Waals surface area contributed by atoms with Crippen molar-refractivity contribution in [3.05, 3.63) is 69.2 Å². The first-order valence-electron chi connectivity index (χ1n) is 9.60. The Morgan fingerprint density at radius 2 is 1.76 bits per heavy atom. The molecule has 6 heteroatoms. The highest BCUT2D eigenvalue weighted by Gasteiger charge is 2.29. The Hall–Kier alpha value is -1.69. The normalized spacial score (nSPS) is 16.8. The number of aryl methyl sites for hydroxylation is 3. The van der Waals surface area contributed by atoms with E-state index in [1.807, 2.05) is 43.9 Å². The first kappa shape index (κ1) is 23.6. The molecule has 29 heavy (non-hydrogen) atoms. The molecule has 1 amide bonds. The van der Waals surface area contributed by atoms with Gasteiger partial charge in [0.2, 0.25) is 0 Å². The molecule has 0 aliphatic carbocycles. The van der Waals surface area contributed by atoms with Gasteiger partial charge in [-0.2, -0.15) is 0 Å². The lowest BCUT2D eigenvalue weighted by molar-refractivity contribution is -0.105. The molecule has 1 aliphatic rings. The molecule has 1 atom stereocenters. The van der Waals surface area contributed by atoms with Crippen LogP contribution in [0.3, 0.4) is 0 Å². The smallest absolute Gasteiger partial charge is 0.253 e. The first-order valence-corrected chi connectivity index (χ1v) is 11.1. The molecule has 3 rings (SSSR count). The number of aldehydes is 1. The molecule has 0 bridgehead atoms. The van der Waals surface area contributed by atoms with Crippen LogP contribution in [0.4, 0.5) is 0 Å². The summed E-state index contributed by atoms with van der Waals surface area (Å²) in [5, 5.41) is 1.23. The fraction of sp³-hybridized carbons (Fsp3) is 0.391. The number of halogens is 2. The van der Waals surface area contributed by atoms with Gasteiger partial charge in [-0.25, -0.2) is 0 Å². The summed E-state index contributed by atoms with van der Waals surface area (Å²) in [6.45, 7) is 8.41. The molecule has 4 nitrogen and oxygen atoms in total. The van der Waals surface area contributed by atoms with Crippen LogP contribution in [-0.2, 0) is 4.79 Å². The van der Waals surface area contributed by atoms with Crippen LogP contribution in [0.2, 0.25) is 5.02 Å². The number of likely N-dealkylation sites (N-methyl/N-ethyl adjacent to an activating group) is 1. The van der Waals surface area contributed by atoms with Crippen LogP contribution in [0.5, 0.6) is 0 Å². The molecule has 0 N–H and O–H groups in total. The summed E-state index contributed by atoms with van der Waals surface area (Å²) in [5.41, 5.74) is 5.32. The van der Waals surface area contributed by atoms with E-state index in [2.05, 4.69) is 46.1 Å². The van der Waals surface area contributed by atoms with Gasteiger partial charge in [0, 0.05) is 30.2 Å². The minimum atomic E-state index is 0.121. The van der Waals surface area contributed by atoms with Crippen molar-refractivity contribution >= 4 is 39.7 Å². The van der Waals surface area contributed by atoms with Gasteiger partial charge in [0.25, 0.3) is 5.91 Å². The molecule has 0 spiro atoms. The molecule has 1 heterocycles. The number of nitrogens with zero attached hydrogens (tertiary/aromatic N) is 2. The summed E-state index contributed by atoms with van der Waals surface area (Å²) < 4.78 is 0. The van der Waals surface area contributed by atoms with E-state index in [4.69, 9.17) is 16.4 Å². The third kappa shape index (κ3) is 6.39. The van der Waals surface area contributed by atoms with Crippen LogP contribution in [0, 0.1) is 20.8 Å². The van der Waals surface area contributed by atoms with E-state index in [9.17, 15) is 4.79 Å². The molecule has 0 radical (unpaired) electrons. The van der Waals surface area contributed by atoms with Crippen molar-refractivity contribution < 1.29 is 9.59 Å². The van der Waals surface area contributed by atoms with Gasteiger partial charge in [0.1, 0.15) is 6.29 Å². The van der Waals surface area contributed by atoms with Gasteiger partial charge in [-0.15, -0.1) is 0 Å². The van der Waals surface area contributed by atoms with E-state index in [0.717, 1.165) is 46.7 Å². The fourth-order valence-electron chi connectivity index (χ4n) is 3.57. The molecule has 1 saturated heterocycles. The fourth-order valence-corrected chi connectivity index (χ4v) is 3.69. The average Bonchev–Trinajstić information content (AvgIpc) is 2.69. The molecule has 0 aromatic heterocycles. The number of hydrogen-bond donors (Lipinski definition) is 0. The van der Waals surface area contributed by atoms with Gasteiger partial charge in [0.05, 0.1) is 11.4 Å². The molecular formula is C23H28BrClN2O2. The Kier molecular flexibility index (Phi) is 8.87. The lowest BCUT2D eigenvalue weighted by Crippen LogP contribution is -2.49. The highest BCUT2D eigenvalue weighted by molar-refractivity contribution is 9.09. The minimum Gasteiger partial charge on any atom is -0.335 e. The number of amides is 1. The van der Waals surface area contributed by atoms with Crippen LogP contribution in [-0.4, -0.2) is 54.0 Å². The summed E-state index contributed by atoms with van der Waals surface area (Å²) in [6.07, 6.45) is 0.792.